The van der Waals surface area contributed by atoms with Crippen LogP contribution in [-0.4, -0.2) is 30.5 Å². The van der Waals surface area contributed by atoms with Gasteiger partial charge >= 0.3 is 0 Å². The summed E-state index contributed by atoms with van der Waals surface area (Å²) in [5.41, 5.74) is 2.34. The quantitative estimate of drug-likeness (QED) is 0.519. The first-order valence-corrected chi connectivity index (χ1v) is 8.04. The Balaban J connectivity index is 1.58. The molecule has 4 nitrogen and oxygen atoms in total. The van der Waals surface area contributed by atoms with Crippen molar-refractivity contribution in [2.24, 2.45) is 4.99 Å². The van der Waals surface area contributed by atoms with E-state index in [1.165, 1.54) is 18.4 Å². The molecule has 3 rings (SSSR count). The van der Waals surface area contributed by atoms with Crippen LogP contribution in [0.4, 0.5) is 5.69 Å². The van der Waals surface area contributed by atoms with Crippen LogP contribution in [0.2, 0.25) is 0 Å². The molecule has 1 aromatic carbocycles. The lowest BCUT2D eigenvalue weighted by molar-refractivity contribution is 0.514. The van der Waals surface area contributed by atoms with Gasteiger partial charge in [0.25, 0.3) is 0 Å². The van der Waals surface area contributed by atoms with Crippen molar-refractivity contribution in [3.05, 3.63) is 54.5 Å². The van der Waals surface area contributed by atoms with Crippen LogP contribution in [-0.2, 0) is 6.42 Å². The summed E-state index contributed by atoms with van der Waals surface area (Å²) in [6, 6.07) is 12.3. The average Bonchev–Trinajstić information content (AvgIpc) is 3.24. The Hall–Kier alpha value is -2.23. The zero-order valence-electron chi connectivity index (χ0n) is 12.9. The summed E-state index contributed by atoms with van der Waals surface area (Å²) in [5.74, 6) is 1.01. The fourth-order valence-corrected chi connectivity index (χ4v) is 2.70. The lowest BCUT2D eigenvalue weighted by atomic mass is 10.2. The smallest absolute Gasteiger partial charge is 0.198 e. The Labute approximate surface area is 131 Å². The highest BCUT2D eigenvalue weighted by Crippen LogP contribution is 2.12. The molecule has 0 unspecified atom stereocenters. The number of nitrogens with zero attached hydrogens (tertiary/aromatic N) is 2. The maximum absolute atomic E-state index is 5.10. The normalized spacial score (nSPS) is 15.3. The van der Waals surface area contributed by atoms with E-state index >= 15 is 0 Å². The zero-order chi connectivity index (χ0) is 15.0. The number of nitrogens with one attached hydrogen (secondary N) is 1. The lowest BCUT2D eigenvalue weighted by Gasteiger charge is -2.21. The minimum absolute atomic E-state index is 0.830. The highest BCUT2D eigenvalue weighted by molar-refractivity contribution is 5.93. The first kappa shape index (κ1) is 14.7. The van der Waals surface area contributed by atoms with Gasteiger partial charge in [0.1, 0.15) is 0 Å². The van der Waals surface area contributed by atoms with Gasteiger partial charge in [-0.3, -0.25) is 4.99 Å². The maximum atomic E-state index is 5.10. The lowest BCUT2D eigenvalue weighted by Crippen LogP contribution is -2.34. The third-order valence-corrected chi connectivity index (χ3v) is 3.90. The van der Waals surface area contributed by atoms with Gasteiger partial charge < -0.3 is 14.6 Å². The minimum Gasteiger partial charge on any atom is -0.472 e. The van der Waals surface area contributed by atoms with E-state index in [0.29, 0.717) is 0 Å². The average molecular weight is 297 g/mol. The van der Waals surface area contributed by atoms with Crippen molar-refractivity contribution in [2.45, 2.75) is 25.7 Å². The summed E-state index contributed by atoms with van der Waals surface area (Å²) in [6.07, 6.45) is 8.10. The van der Waals surface area contributed by atoms with Crippen LogP contribution in [0.3, 0.4) is 0 Å². The summed E-state index contributed by atoms with van der Waals surface area (Å²) in [7, 11) is 0. The molecule has 0 spiro atoms. The number of hydrogen-bond acceptors (Lipinski definition) is 2. The van der Waals surface area contributed by atoms with Gasteiger partial charge in [-0.1, -0.05) is 18.2 Å². The van der Waals surface area contributed by atoms with Crippen molar-refractivity contribution in [1.29, 1.82) is 0 Å². The van der Waals surface area contributed by atoms with Crippen LogP contribution >= 0.6 is 0 Å². The van der Waals surface area contributed by atoms with Gasteiger partial charge in [-0.25, -0.2) is 0 Å². The summed E-state index contributed by atoms with van der Waals surface area (Å²) in [6.45, 7) is 3.03. The molecule has 116 valence electrons. The standard InChI is InChI=1S/C18H23N3O/c1-2-8-17(9-3-1)20-18(21-12-4-5-13-21)19-11-6-7-16-10-14-22-15-16/h1-3,8-10,14-15H,4-7,11-13H2,(H,19,20). The topological polar surface area (TPSA) is 40.8 Å². The SMILES string of the molecule is c1ccc(NC(=NCCCc2ccoc2)N2CCCC2)cc1. The van der Waals surface area contributed by atoms with Crippen molar-refractivity contribution in [3.8, 4) is 0 Å². The predicted octanol–water partition coefficient (Wildman–Crippen LogP) is 3.78. The molecule has 0 saturated carbocycles. The van der Waals surface area contributed by atoms with E-state index in [1.54, 1.807) is 6.26 Å². The van der Waals surface area contributed by atoms with Gasteiger partial charge in [-0.05, 0) is 49.4 Å². The number of furan rings is 1. The summed E-state index contributed by atoms with van der Waals surface area (Å²) < 4.78 is 5.10. The molecule has 0 atom stereocenters. The van der Waals surface area contributed by atoms with E-state index < -0.39 is 0 Å². The number of para-hydroxylation sites is 1. The van der Waals surface area contributed by atoms with Crippen LogP contribution < -0.4 is 5.32 Å². The molecular weight excluding hydrogens is 274 g/mol. The second-order valence-electron chi connectivity index (χ2n) is 5.63. The number of aliphatic imine (C=N–C) groups is 1. The van der Waals surface area contributed by atoms with E-state index in [9.17, 15) is 0 Å². The van der Waals surface area contributed by atoms with E-state index in [2.05, 4.69) is 22.3 Å². The van der Waals surface area contributed by atoms with E-state index in [4.69, 9.17) is 9.41 Å². The number of guanidine groups is 1. The van der Waals surface area contributed by atoms with Gasteiger partial charge in [-0.2, -0.15) is 0 Å². The largest absolute Gasteiger partial charge is 0.472 e. The molecular formula is C18H23N3O. The first-order valence-electron chi connectivity index (χ1n) is 8.04. The molecule has 0 radical (unpaired) electrons. The van der Waals surface area contributed by atoms with Crippen LogP contribution in [0.25, 0.3) is 0 Å². The van der Waals surface area contributed by atoms with Crippen molar-refractivity contribution < 1.29 is 4.42 Å². The van der Waals surface area contributed by atoms with Crippen LogP contribution in [0.5, 0.6) is 0 Å². The fourth-order valence-electron chi connectivity index (χ4n) is 2.70. The molecule has 0 bridgehead atoms. The molecule has 2 heterocycles. The van der Waals surface area contributed by atoms with Crippen molar-refractivity contribution >= 4 is 11.6 Å². The summed E-state index contributed by atoms with van der Waals surface area (Å²) in [4.78, 5) is 7.15. The van der Waals surface area contributed by atoms with Crippen molar-refractivity contribution in [3.63, 3.8) is 0 Å². The molecule has 1 saturated heterocycles. The van der Waals surface area contributed by atoms with Gasteiger partial charge in [-0.15, -0.1) is 0 Å². The monoisotopic (exact) mass is 297 g/mol. The minimum atomic E-state index is 0.830. The van der Waals surface area contributed by atoms with Crippen molar-refractivity contribution in [1.82, 2.24) is 4.90 Å². The summed E-state index contributed by atoms with van der Waals surface area (Å²) >= 11 is 0. The van der Waals surface area contributed by atoms with Gasteiger partial charge in [0.15, 0.2) is 5.96 Å². The second kappa shape index (κ2) is 7.69. The number of benzene rings is 1. The second-order valence-corrected chi connectivity index (χ2v) is 5.63. The molecule has 1 N–H and O–H groups in total. The molecule has 0 aliphatic carbocycles. The maximum Gasteiger partial charge on any atom is 0.198 e. The van der Waals surface area contributed by atoms with E-state index in [1.807, 2.05) is 30.5 Å². The molecule has 1 aliphatic heterocycles. The molecule has 1 aromatic heterocycles. The molecule has 1 fully saturated rings. The third kappa shape index (κ3) is 4.13. The number of aryl methyl sites for hydroxylation is 1. The Bertz CT molecular complexity index is 572. The predicted molar refractivity (Wildman–Crippen MR) is 90.2 cm³/mol. The third-order valence-electron chi connectivity index (χ3n) is 3.90. The van der Waals surface area contributed by atoms with E-state index in [0.717, 1.165) is 44.1 Å². The summed E-state index contributed by atoms with van der Waals surface area (Å²) in [5, 5.41) is 3.47. The van der Waals surface area contributed by atoms with Crippen molar-refractivity contribution in [2.75, 3.05) is 25.0 Å². The van der Waals surface area contributed by atoms with Crippen LogP contribution in [0.1, 0.15) is 24.8 Å². The first-order chi connectivity index (χ1) is 10.9. The van der Waals surface area contributed by atoms with Crippen LogP contribution in [0, 0.1) is 0 Å². The fraction of sp³-hybridized carbons (Fsp3) is 0.389. The molecule has 22 heavy (non-hydrogen) atoms. The Morgan fingerprint density at radius 1 is 1.14 bits per heavy atom. The van der Waals surface area contributed by atoms with Crippen LogP contribution in [0.15, 0.2) is 58.3 Å². The number of rotatable bonds is 5. The number of anilines is 1. The molecule has 4 heteroatoms. The number of likely N-dealkylation sites (tertiary alicyclic amines) is 1. The number of hydrogen-bond donors (Lipinski definition) is 1. The zero-order valence-corrected chi connectivity index (χ0v) is 12.9. The molecule has 0 amide bonds. The Kier molecular flexibility index (Phi) is 5.13. The Morgan fingerprint density at radius 2 is 1.95 bits per heavy atom. The molecule has 2 aromatic rings. The van der Waals surface area contributed by atoms with Gasteiger partial charge in [0, 0.05) is 25.3 Å². The molecule has 1 aliphatic rings. The highest BCUT2D eigenvalue weighted by atomic mass is 16.3. The highest BCUT2D eigenvalue weighted by Gasteiger charge is 2.16. The van der Waals surface area contributed by atoms with E-state index in [-0.39, 0.29) is 0 Å². The Morgan fingerprint density at radius 3 is 2.68 bits per heavy atom. The van der Waals surface area contributed by atoms with Gasteiger partial charge in [0.2, 0.25) is 0 Å². The van der Waals surface area contributed by atoms with Gasteiger partial charge in [0.05, 0.1) is 12.5 Å².